The van der Waals surface area contributed by atoms with Crippen molar-refractivity contribution in [1.82, 2.24) is 0 Å². The second kappa shape index (κ2) is 8.08. The van der Waals surface area contributed by atoms with E-state index in [1.165, 1.54) is 5.57 Å². The summed E-state index contributed by atoms with van der Waals surface area (Å²) < 4.78 is 0. The lowest BCUT2D eigenvalue weighted by Gasteiger charge is -2.05. The Bertz CT molecular complexity index is 266. The predicted molar refractivity (Wildman–Crippen MR) is 64.3 cm³/mol. The second-order valence-electron chi connectivity index (χ2n) is 4.42. The van der Waals surface area contributed by atoms with Crippen molar-refractivity contribution in [2.24, 2.45) is 5.92 Å². The number of hydrogen-bond acceptors (Lipinski definition) is 2. The molecule has 1 unspecified atom stereocenters. The molecule has 0 spiro atoms. The standard InChI is InChI=1S/C13H22O3/c1-10(7-5-9-12(3)14)6-4-8-11(2)13(15)16/h7,11H,4-6,8-9H2,1-3H3,(H,15,16). The number of carboxylic acid groups (broad SMARTS) is 1. The van der Waals surface area contributed by atoms with Gasteiger partial charge >= 0.3 is 5.97 Å². The molecule has 0 saturated heterocycles. The summed E-state index contributed by atoms with van der Waals surface area (Å²) in [5.41, 5.74) is 1.25. The molecule has 0 bridgehead atoms. The summed E-state index contributed by atoms with van der Waals surface area (Å²) in [5.74, 6) is -0.771. The van der Waals surface area contributed by atoms with Crippen LogP contribution in [0.3, 0.4) is 0 Å². The third-order valence-electron chi connectivity index (χ3n) is 2.62. The van der Waals surface area contributed by atoms with E-state index in [2.05, 4.69) is 6.08 Å². The van der Waals surface area contributed by atoms with Crippen LogP contribution in [-0.2, 0) is 9.59 Å². The van der Waals surface area contributed by atoms with Crippen molar-refractivity contribution >= 4 is 11.8 Å². The van der Waals surface area contributed by atoms with Crippen LogP contribution >= 0.6 is 0 Å². The van der Waals surface area contributed by atoms with E-state index >= 15 is 0 Å². The third kappa shape index (κ3) is 8.21. The van der Waals surface area contributed by atoms with Crippen LogP contribution in [0.15, 0.2) is 11.6 Å². The normalized spacial score (nSPS) is 13.6. The molecule has 3 heteroatoms. The van der Waals surface area contributed by atoms with Crippen LogP contribution < -0.4 is 0 Å². The average Bonchev–Trinajstić information content (AvgIpc) is 2.16. The highest BCUT2D eigenvalue weighted by Gasteiger charge is 2.09. The number of aliphatic carboxylic acids is 1. The molecule has 1 atom stereocenters. The van der Waals surface area contributed by atoms with Gasteiger partial charge in [-0.3, -0.25) is 4.79 Å². The van der Waals surface area contributed by atoms with E-state index < -0.39 is 5.97 Å². The van der Waals surface area contributed by atoms with E-state index in [1.54, 1.807) is 13.8 Å². The van der Waals surface area contributed by atoms with E-state index in [1.807, 2.05) is 6.92 Å². The van der Waals surface area contributed by atoms with Gasteiger partial charge in [-0.05, 0) is 39.5 Å². The molecule has 0 aromatic heterocycles. The van der Waals surface area contributed by atoms with Crippen molar-refractivity contribution in [2.45, 2.75) is 52.9 Å². The van der Waals surface area contributed by atoms with Gasteiger partial charge in [0.2, 0.25) is 0 Å². The summed E-state index contributed by atoms with van der Waals surface area (Å²) in [6.07, 6.45) is 6.02. The van der Waals surface area contributed by atoms with Crippen LogP contribution in [-0.4, -0.2) is 16.9 Å². The number of carbonyl (C=O) groups excluding carboxylic acids is 1. The summed E-state index contributed by atoms with van der Waals surface area (Å²) >= 11 is 0. The third-order valence-corrected chi connectivity index (χ3v) is 2.62. The molecule has 0 saturated carbocycles. The number of allylic oxidation sites excluding steroid dienone is 2. The lowest BCUT2D eigenvalue weighted by atomic mass is 10.0. The van der Waals surface area contributed by atoms with Crippen molar-refractivity contribution in [1.29, 1.82) is 0 Å². The highest BCUT2D eigenvalue weighted by molar-refractivity contribution is 5.75. The highest BCUT2D eigenvalue weighted by Crippen LogP contribution is 2.13. The fraction of sp³-hybridized carbons (Fsp3) is 0.692. The minimum atomic E-state index is -0.724. The van der Waals surface area contributed by atoms with Crippen LogP contribution in [0.2, 0.25) is 0 Å². The highest BCUT2D eigenvalue weighted by atomic mass is 16.4. The largest absolute Gasteiger partial charge is 0.481 e. The molecule has 0 aromatic carbocycles. The summed E-state index contributed by atoms with van der Waals surface area (Å²) in [7, 11) is 0. The van der Waals surface area contributed by atoms with Crippen LogP contribution in [0, 0.1) is 5.92 Å². The van der Waals surface area contributed by atoms with Gasteiger partial charge in [0, 0.05) is 6.42 Å². The van der Waals surface area contributed by atoms with Crippen molar-refractivity contribution in [3.8, 4) is 0 Å². The summed E-state index contributed by atoms with van der Waals surface area (Å²) in [4.78, 5) is 21.3. The maximum Gasteiger partial charge on any atom is 0.306 e. The predicted octanol–water partition coefficient (Wildman–Crippen LogP) is 3.19. The summed E-state index contributed by atoms with van der Waals surface area (Å²) in [6.45, 7) is 5.36. The maximum atomic E-state index is 10.7. The average molecular weight is 226 g/mol. The van der Waals surface area contributed by atoms with Gasteiger partial charge in [0.05, 0.1) is 5.92 Å². The van der Waals surface area contributed by atoms with Crippen molar-refractivity contribution < 1.29 is 14.7 Å². The molecule has 0 rings (SSSR count). The number of hydrogen-bond donors (Lipinski definition) is 1. The fourth-order valence-corrected chi connectivity index (χ4v) is 1.43. The van der Waals surface area contributed by atoms with Crippen LogP contribution in [0.25, 0.3) is 0 Å². The summed E-state index contributed by atoms with van der Waals surface area (Å²) in [6, 6.07) is 0. The van der Waals surface area contributed by atoms with Gasteiger partial charge in [0.1, 0.15) is 5.78 Å². The molecule has 0 aromatic rings. The Balaban J connectivity index is 3.68. The topological polar surface area (TPSA) is 54.4 Å². The molecule has 0 aliphatic carbocycles. The zero-order valence-electron chi connectivity index (χ0n) is 10.5. The number of carbonyl (C=O) groups is 2. The Morgan fingerprint density at radius 1 is 1.25 bits per heavy atom. The van der Waals surface area contributed by atoms with E-state index in [4.69, 9.17) is 5.11 Å². The first kappa shape index (κ1) is 14.9. The molecular weight excluding hydrogens is 204 g/mol. The minimum absolute atomic E-state index is 0.212. The van der Waals surface area contributed by atoms with E-state index in [0.29, 0.717) is 12.8 Å². The molecule has 92 valence electrons. The number of ketones is 1. The number of rotatable bonds is 8. The number of carboxylic acids is 1. The van der Waals surface area contributed by atoms with Crippen LogP contribution in [0.5, 0.6) is 0 Å². The van der Waals surface area contributed by atoms with Gasteiger partial charge in [-0.2, -0.15) is 0 Å². The smallest absolute Gasteiger partial charge is 0.306 e. The molecular formula is C13H22O3. The first-order chi connectivity index (χ1) is 7.43. The van der Waals surface area contributed by atoms with E-state index in [0.717, 1.165) is 19.3 Å². The Hall–Kier alpha value is -1.12. The SMILES string of the molecule is CC(=O)CCC=C(C)CCCC(C)C(=O)O. The summed E-state index contributed by atoms with van der Waals surface area (Å²) in [5, 5.41) is 8.70. The number of Topliss-reactive ketones (excluding diaryl/α,β-unsaturated/α-hetero) is 1. The van der Waals surface area contributed by atoms with Gasteiger partial charge in [-0.15, -0.1) is 0 Å². The molecule has 1 N–H and O–H groups in total. The van der Waals surface area contributed by atoms with Crippen LogP contribution in [0.1, 0.15) is 52.9 Å². The molecule has 0 heterocycles. The molecule has 0 radical (unpaired) electrons. The molecule has 0 aliphatic heterocycles. The van der Waals surface area contributed by atoms with E-state index in [-0.39, 0.29) is 11.7 Å². The van der Waals surface area contributed by atoms with Gasteiger partial charge in [0.25, 0.3) is 0 Å². The Morgan fingerprint density at radius 3 is 2.38 bits per heavy atom. The molecule has 0 fully saturated rings. The lowest BCUT2D eigenvalue weighted by molar-refractivity contribution is -0.141. The van der Waals surface area contributed by atoms with Gasteiger partial charge in [-0.1, -0.05) is 18.6 Å². The van der Waals surface area contributed by atoms with E-state index in [9.17, 15) is 9.59 Å². The first-order valence-corrected chi connectivity index (χ1v) is 5.81. The van der Waals surface area contributed by atoms with Crippen molar-refractivity contribution in [3.05, 3.63) is 11.6 Å². The van der Waals surface area contributed by atoms with Gasteiger partial charge in [0.15, 0.2) is 0 Å². The fourth-order valence-electron chi connectivity index (χ4n) is 1.43. The molecule has 0 aliphatic rings. The molecule has 0 amide bonds. The van der Waals surface area contributed by atoms with Gasteiger partial charge in [-0.25, -0.2) is 0 Å². The maximum absolute atomic E-state index is 10.7. The lowest BCUT2D eigenvalue weighted by Crippen LogP contribution is -2.08. The molecule has 3 nitrogen and oxygen atoms in total. The first-order valence-electron chi connectivity index (χ1n) is 5.81. The quantitative estimate of drug-likeness (QED) is 0.647. The Morgan fingerprint density at radius 2 is 1.88 bits per heavy atom. The van der Waals surface area contributed by atoms with Crippen molar-refractivity contribution in [3.63, 3.8) is 0 Å². The zero-order valence-corrected chi connectivity index (χ0v) is 10.5. The van der Waals surface area contributed by atoms with Crippen molar-refractivity contribution in [2.75, 3.05) is 0 Å². The Labute approximate surface area is 97.5 Å². The monoisotopic (exact) mass is 226 g/mol. The molecule has 16 heavy (non-hydrogen) atoms. The van der Waals surface area contributed by atoms with Crippen LogP contribution in [0.4, 0.5) is 0 Å². The van der Waals surface area contributed by atoms with Gasteiger partial charge < -0.3 is 9.90 Å². The Kier molecular flexibility index (Phi) is 7.52. The second-order valence-corrected chi connectivity index (χ2v) is 4.42. The zero-order chi connectivity index (χ0) is 12.6. The minimum Gasteiger partial charge on any atom is -0.481 e.